The van der Waals surface area contributed by atoms with E-state index in [0.29, 0.717) is 17.4 Å². The van der Waals surface area contributed by atoms with Crippen molar-refractivity contribution in [3.05, 3.63) is 47.3 Å². The van der Waals surface area contributed by atoms with Crippen molar-refractivity contribution in [1.29, 1.82) is 0 Å². The highest BCUT2D eigenvalue weighted by Gasteiger charge is 2.26. The second-order valence-corrected chi connectivity index (χ2v) is 6.22. The van der Waals surface area contributed by atoms with Crippen molar-refractivity contribution < 1.29 is 9.50 Å². The van der Waals surface area contributed by atoms with Gasteiger partial charge >= 0.3 is 0 Å². The van der Waals surface area contributed by atoms with Gasteiger partial charge in [-0.1, -0.05) is 17.7 Å². The summed E-state index contributed by atoms with van der Waals surface area (Å²) in [5, 5.41) is 13.5. The fraction of sp³-hybridized carbons (Fsp3) is 0.312. The van der Waals surface area contributed by atoms with Gasteiger partial charge in [0.15, 0.2) is 11.5 Å². The molecule has 0 spiro atoms. The average molecular weight is 348 g/mol. The molecule has 3 aromatic rings. The van der Waals surface area contributed by atoms with Gasteiger partial charge in [-0.15, -0.1) is 0 Å². The first-order valence-electron chi connectivity index (χ1n) is 7.68. The van der Waals surface area contributed by atoms with Crippen LogP contribution in [0.15, 0.2) is 30.9 Å². The predicted molar refractivity (Wildman–Crippen MR) is 88.5 cm³/mol. The molecule has 24 heavy (non-hydrogen) atoms. The molecule has 2 N–H and O–H groups in total. The van der Waals surface area contributed by atoms with Crippen LogP contribution in [0.2, 0.25) is 5.02 Å². The Bertz CT molecular complexity index is 875. The summed E-state index contributed by atoms with van der Waals surface area (Å²) in [6, 6.07) is 4.77. The van der Waals surface area contributed by atoms with Crippen LogP contribution in [0.25, 0.3) is 11.2 Å². The molecule has 1 aliphatic rings. The molecule has 2 aromatic heterocycles. The summed E-state index contributed by atoms with van der Waals surface area (Å²) < 4.78 is 15.9. The van der Waals surface area contributed by atoms with Crippen LogP contribution in [-0.2, 0) is 0 Å². The number of anilines is 1. The van der Waals surface area contributed by atoms with Crippen LogP contribution >= 0.6 is 11.6 Å². The van der Waals surface area contributed by atoms with Crippen LogP contribution in [-0.4, -0.2) is 31.2 Å². The first-order chi connectivity index (χ1) is 11.6. The largest absolute Gasteiger partial charge is 0.386 e. The van der Waals surface area contributed by atoms with Crippen molar-refractivity contribution in [1.82, 2.24) is 19.5 Å². The maximum Gasteiger partial charge on any atom is 0.165 e. The molecule has 6 nitrogen and oxygen atoms in total. The fourth-order valence-corrected chi connectivity index (χ4v) is 3.01. The zero-order valence-corrected chi connectivity index (χ0v) is 13.4. The van der Waals surface area contributed by atoms with Gasteiger partial charge in [-0.25, -0.2) is 19.3 Å². The second-order valence-electron chi connectivity index (χ2n) is 5.81. The van der Waals surface area contributed by atoms with Crippen molar-refractivity contribution >= 4 is 28.6 Å². The number of rotatable bonds is 5. The minimum Gasteiger partial charge on any atom is -0.386 e. The van der Waals surface area contributed by atoms with Gasteiger partial charge in [-0.2, -0.15) is 0 Å². The number of nitrogens with zero attached hydrogens (tertiary/aromatic N) is 4. The average Bonchev–Trinajstić information content (AvgIpc) is 3.31. The Balaban J connectivity index is 1.57. The Kier molecular flexibility index (Phi) is 3.82. The van der Waals surface area contributed by atoms with Gasteiger partial charge in [0, 0.05) is 23.2 Å². The van der Waals surface area contributed by atoms with Crippen molar-refractivity contribution in [3.63, 3.8) is 0 Å². The zero-order valence-electron chi connectivity index (χ0n) is 12.7. The van der Waals surface area contributed by atoms with Crippen LogP contribution in [0.3, 0.4) is 0 Å². The third-order valence-corrected chi connectivity index (χ3v) is 4.42. The molecule has 0 bridgehead atoms. The number of hydrogen-bond acceptors (Lipinski definition) is 5. The molecule has 0 amide bonds. The molecular weight excluding hydrogens is 333 g/mol. The van der Waals surface area contributed by atoms with E-state index in [1.807, 2.05) is 4.57 Å². The Morgan fingerprint density at radius 2 is 2.17 bits per heavy atom. The van der Waals surface area contributed by atoms with Crippen LogP contribution in [0, 0.1) is 5.82 Å². The molecule has 1 saturated carbocycles. The van der Waals surface area contributed by atoms with E-state index < -0.39 is 11.9 Å². The quantitative estimate of drug-likeness (QED) is 0.741. The number of hydrogen-bond donors (Lipinski definition) is 2. The first kappa shape index (κ1) is 15.3. The summed E-state index contributed by atoms with van der Waals surface area (Å²) in [6.45, 7) is 0.0586. The summed E-state index contributed by atoms with van der Waals surface area (Å²) >= 11 is 5.98. The molecule has 1 atom stereocenters. The number of imidazole rings is 1. The molecule has 8 heteroatoms. The number of aromatic nitrogens is 4. The number of benzene rings is 1. The van der Waals surface area contributed by atoms with Gasteiger partial charge in [0.2, 0.25) is 0 Å². The summed E-state index contributed by atoms with van der Waals surface area (Å²) in [4.78, 5) is 12.8. The minimum absolute atomic E-state index is 0.0586. The van der Waals surface area contributed by atoms with E-state index in [-0.39, 0.29) is 17.1 Å². The highest BCUT2D eigenvalue weighted by molar-refractivity contribution is 6.31. The van der Waals surface area contributed by atoms with Gasteiger partial charge < -0.3 is 15.0 Å². The number of halogens is 2. The van der Waals surface area contributed by atoms with Crippen LogP contribution in [0.1, 0.15) is 30.6 Å². The Morgan fingerprint density at radius 3 is 2.92 bits per heavy atom. The van der Waals surface area contributed by atoms with E-state index in [0.717, 1.165) is 18.5 Å². The third kappa shape index (κ3) is 2.70. The van der Waals surface area contributed by atoms with Crippen molar-refractivity contribution in [2.24, 2.45) is 0 Å². The number of aliphatic hydroxyl groups is 1. The van der Waals surface area contributed by atoms with Crippen molar-refractivity contribution in [2.45, 2.75) is 25.0 Å². The Morgan fingerprint density at radius 1 is 1.33 bits per heavy atom. The summed E-state index contributed by atoms with van der Waals surface area (Å²) in [7, 11) is 0. The minimum atomic E-state index is -1.10. The lowest BCUT2D eigenvalue weighted by atomic mass is 10.1. The van der Waals surface area contributed by atoms with Crippen molar-refractivity contribution in [3.8, 4) is 0 Å². The first-order valence-corrected chi connectivity index (χ1v) is 8.06. The van der Waals surface area contributed by atoms with E-state index >= 15 is 0 Å². The summed E-state index contributed by atoms with van der Waals surface area (Å²) in [5.41, 5.74) is 1.46. The molecule has 1 aliphatic carbocycles. The molecule has 4 rings (SSSR count). The van der Waals surface area contributed by atoms with E-state index in [1.165, 1.54) is 18.5 Å². The molecule has 1 fully saturated rings. The fourth-order valence-electron chi connectivity index (χ4n) is 2.73. The van der Waals surface area contributed by atoms with Gasteiger partial charge in [0.05, 0.1) is 6.33 Å². The Hall–Kier alpha value is -2.25. The standard InChI is InChI=1S/C16H15ClFN5O/c17-10-2-1-3-11(18)13(10)12(24)6-19-15-14-16(21-7-20-15)23(8-22-14)9-4-5-9/h1-3,7-9,12,24H,4-6H2,(H,19,20,21). The molecule has 2 heterocycles. The van der Waals surface area contributed by atoms with E-state index in [2.05, 4.69) is 20.3 Å². The molecule has 0 aliphatic heterocycles. The predicted octanol–water partition coefficient (Wildman–Crippen LogP) is 3.10. The monoisotopic (exact) mass is 347 g/mol. The van der Waals surface area contributed by atoms with Gasteiger partial charge in [-0.05, 0) is 25.0 Å². The summed E-state index contributed by atoms with van der Waals surface area (Å²) in [6.07, 6.45) is 4.36. The van der Waals surface area contributed by atoms with Crippen LogP contribution < -0.4 is 5.32 Å². The molecule has 1 unspecified atom stereocenters. The highest BCUT2D eigenvalue weighted by atomic mass is 35.5. The lowest BCUT2D eigenvalue weighted by Gasteiger charge is -2.15. The van der Waals surface area contributed by atoms with Crippen molar-refractivity contribution in [2.75, 3.05) is 11.9 Å². The lowest BCUT2D eigenvalue weighted by molar-refractivity contribution is 0.186. The normalized spacial score (nSPS) is 15.6. The molecule has 0 radical (unpaired) electrons. The van der Waals surface area contributed by atoms with Gasteiger partial charge in [-0.3, -0.25) is 0 Å². The molecular formula is C16H15ClFN5O. The molecule has 124 valence electrons. The van der Waals surface area contributed by atoms with Gasteiger partial charge in [0.1, 0.15) is 23.8 Å². The van der Waals surface area contributed by atoms with Crippen LogP contribution in [0.4, 0.5) is 10.2 Å². The topological polar surface area (TPSA) is 75.9 Å². The van der Waals surface area contributed by atoms with E-state index in [9.17, 15) is 9.50 Å². The summed E-state index contributed by atoms with van der Waals surface area (Å²) in [5.74, 6) is -0.0337. The number of aliphatic hydroxyl groups excluding tert-OH is 1. The van der Waals surface area contributed by atoms with Crippen LogP contribution in [0.5, 0.6) is 0 Å². The maximum atomic E-state index is 13.9. The highest BCUT2D eigenvalue weighted by Crippen LogP contribution is 2.37. The number of nitrogens with one attached hydrogen (secondary N) is 1. The third-order valence-electron chi connectivity index (χ3n) is 4.09. The number of fused-ring (bicyclic) bond motifs is 1. The van der Waals surface area contributed by atoms with Gasteiger partial charge in [0.25, 0.3) is 0 Å². The smallest absolute Gasteiger partial charge is 0.165 e. The SMILES string of the molecule is OC(CNc1ncnc2c1ncn2C1CC1)c1c(F)cccc1Cl. The Labute approximate surface area is 142 Å². The zero-order chi connectivity index (χ0) is 16.7. The maximum absolute atomic E-state index is 13.9. The van der Waals surface area contributed by atoms with E-state index in [1.54, 1.807) is 12.4 Å². The lowest BCUT2D eigenvalue weighted by Crippen LogP contribution is -2.15. The molecule has 1 aromatic carbocycles. The molecule has 0 saturated heterocycles. The van der Waals surface area contributed by atoms with E-state index in [4.69, 9.17) is 11.6 Å². The second kappa shape index (κ2) is 5.99.